The summed E-state index contributed by atoms with van der Waals surface area (Å²) in [6, 6.07) is 7.78. The number of rotatable bonds is 2. The van der Waals surface area contributed by atoms with Gasteiger partial charge in [-0.05, 0) is 29.8 Å². The number of halogens is 1. The Morgan fingerprint density at radius 3 is 2.44 bits per heavy atom. The molecule has 1 heterocycles. The van der Waals surface area contributed by atoms with Crippen LogP contribution in [0.2, 0.25) is 5.28 Å². The van der Waals surface area contributed by atoms with Crippen molar-refractivity contribution in [1.29, 1.82) is 0 Å². The Balaban J connectivity index is 2.38. The molecule has 0 aliphatic heterocycles. The summed E-state index contributed by atoms with van der Waals surface area (Å²) in [5, 5.41) is 10.6. The zero-order valence-corrected chi connectivity index (χ0v) is 8.76. The summed E-state index contributed by atoms with van der Waals surface area (Å²) < 4.78 is 0. The van der Waals surface area contributed by atoms with E-state index in [0.717, 1.165) is 5.56 Å². The van der Waals surface area contributed by atoms with Crippen molar-refractivity contribution in [2.45, 2.75) is 0 Å². The van der Waals surface area contributed by atoms with Gasteiger partial charge in [0, 0.05) is 23.9 Å². The van der Waals surface area contributed by atoms with Crippen LogP contribution in [-0.2, 0) is 0 Å². The van der Waals surface area contributed by atoms with Crippen molar-refractivity contribution in [2.24, 2.45) is 0 Å². The van der Waals surface area contributed by atoms with Gasteiger partial charge in [0.2, 0.25) is 5.28 Å². The van der Waals surface area contributed by atoms with Gasteiger partial charge in [-0.15, -0.1) is 0 Å². The van der Waals surface area contributed by atoms with E-state index in [0.29, 0.717) is 5.69 Å². The molecule has 0 aliphatic carbocycles. The van der Waals surface area contributed by atoms with E-state index in [1.807, 2.05) is 0 Å². The summed E-state index contributed by atoms with van der Waals surface area (Å²) >= 11 is 5.65. The molecule has 0 amide bonds. The molecular formula is C10H6ClN3O2. The second kappa shape index (κ2) is 4.24. The molecule has 5 nitrogen and oxygen atoms in total. The number of nitrogens with zero attached hydrogens (tertiary/aromatic N) is 3. The van der Waals surface area contributed by atoms with Gasteiger partial charge in [0.1, 0.15) is 0 Å². The smallest absolute Gasteiger partial charge is 0.258 e. The van der Waals surface area contributed by atoms with Crippen LogP contribution in [0.25, 0.3) is 11.3 Å². The van der Waals surface area contributed by atoms with Crippen LogP contribution in [0.5, 0.6) is 0 Å². The van der Waals surface area contributed by atoms with Crippen molar-refractivity contribution < 1.29 is 4.92 Å². The summed E-state index contributed by atoms with van der Waals surface area (Å²) in [6.45, 7) is 0. The maximum absolute atomic E-state index is 10.5. The molecule has 0 radical (unpaired) electrons. The van der Waals surface area contributed by atoms with Crippen LogP contribution >= 0.6 is 11.6 Å². The molecule has 0 atom stereocenters. The minimum Gasteiger partial charge on any atom is -0.258 e. The Morgan fingerprint density at radius 2 is 1.88 bits per heavy atom. The van der Waals surface area contributed by atoms with E-state index in [-0.39, 0.29) is 11.0 Å². The molecule has 0 fully saturated rings. The Morgan fingerprint density at radius 1 is 1.19 bits per heavy atom. The molecule has 80 valence electrons. The van der Waals surface area contributed by atoms with Gasteiger partial charge in [-0.25, -0.2) is 9.97 Å². The van der Waals surface area contributed by atoms with Crippen LogP contribution in [0.1, 0.15) is 0 Å². The summed E-state index contributed by atoms with van der Waals surface area (Å²) in [4.78, 5) is 17.8. The molecule has 1 aromatic carbocycles. The Hall–Kier alpha value is -2.01. The fourth-order valence-electron chi connectivity index (χ4n) is 1.25. The van der Waals surface area contributed by atoms with Crippen LogP contribution < -0.4 is 0 Å². The van der Waals surface area contributed by atoms with Gasteiger partial charge in [0.15, 0.2) is 0 Å². The molecule has 0 saturated carbocycles. The standard InChI is InChI=1S/C10H6ClN3O2/c11-10-12-6-5-9(13-10)7-1-3-8(4-2-7)14(15)16/h1-6H. The summed E-state index contributed by atoms with van der Waals surface area (Å²) in [7, 11) is 0. The van der Waals surface area contributed by atoms with Crippen molar-refractivity contribution in [3.05, 3.63) is 51.9 Å². The quantitative estimate of drug-likeness (QED) is 0.456. The van der Waals surface area contributed by atoms with E-state index in [1.165, 1.54) is 18.3 Å². The second-order valence-electron chi connectivity index (χ2n) is 3.01. The first kappa shape index (κ1) is 10.5. The highest BCUT2D eigenvalue weighted by molar-refractivity contribution is 6.28. The molecule has 6 heteroatoms. The van der Waals surface area contributed by atoms with E-state index in [2.05, 4.69) is 9.97 Å². The lowest BCUT2D eigenvalue weighted by Gasteiger charge is -1.99. The molecule has 2 aromatic rings. The Labute approximate surface area is 95.9 Å². The van der Waals surface area contributed by atoms with Crippen molar-refractivity contribution in [1.82, 2.24) is 9.97 Å². The van der Waals surface area contributed by atoms with Gasteiger partial charge in [-0.2, -0.15) is 0 Å². The van der Waals surface area contributed by atoms with Crippen LogP contribution in [0, 0.1) is 10.1 Å². The van der Waals surface area contributed by atoms with Gasteiger partial charge in [0.05, 0.1) is 10.6 Å². The van der Waals surface area contributed by atoms with E-state index in [4.69, 9.17) is 11.6 Å². The minimum absolute atomic E-state index is 0.0453. The number of nitro benzene ring substituents is 1. The molecule has 0 spiro atoms. The third-order valence-corrected chi connectivity index (χ3v) is 2.18. The molecule has 0 aliphatic rings. The topological polar surface area (TPSA) is 68.9 Å². The highest BCUT2D eigenvalue weighted by Gasteiger charge is 2.06. The first-order valence-corrected chi connectivity index (χ1v) is 4.78. The normalized spacial score (nSPS) is 10.1. The van der Waals surface area contributed by atoms with E-state index in [9.17, 15) is 10.1 Å². The average molecular weight is 236 g/mol. The molecule has 0 saturated heterocycles. The zero-order chi connectivity index (χ0) is 11.5. The summed E-state index contributed by atoms with van der Waals surface area (Å²) in [6.07, 6.45) is 1.53. The highest BCUT2D eigenvalue weighted by Crippen LogP contribution is 2.20. The van der Waals surface area contributed by atoms with Crippen molar-refractivity contribution >= 4 is 17.3 Å². The SMILES string of the molecule is O=[N+]([O-])c1ccc(-c2ccnc(Cl)n2)cc1. The third kappa shape index (κ3) is 2.14. The van der Waals surface area contributed by atoms with Gasteiger partial charge < -0.3 is 0 Å². The van der Waals surface area contributed by atoms with Gasteiger partial charge in [0.25, 0.3) is 5.69 Å². The lowest BCUT2D eigenvalue weighted by molar-refractivity contribution is -0.384. The van der Waals surface area contributed by atoms with Crippen molar-refractivity contribution in [3.63, 3.8) is 0 Å². The molecule has 2 rings (SSSR count). The fourth-order valence-corrected chi connectivity index (χ4v) is 1.40. The fraction of sp³-hybridized carbons (Fsp3) is 0. The predicted molar refractivity (Wildman–Crippen MR) is 59.1 cm³/mol. The maximum atomic E-state index is 10.5. The van der Waals surface area contributed by atoms with E-state index < -0.39 is 4.92 Å². The molecule has 0 bridgehead atoms. The first-order chi connectivity index (χ1) is 7.66. The molecule has 0 unspecified atom stereocenters. The predicted octanol–water partition coefficient (Wildman–Crippen LogP) is 2.71. The van der Waals surface area contributed by atoms with Crippen LogP contribution in [-0.4, -0.2) is 14.9 Å². The van der Waals surface area contributed by atoms with Gasteiger partial charge in [-0.1, -0.05) is 0 Å². The Kier molecular flexibility index (Phi) is 2.78. The van der Waals surface area contributed by atoms with E-state index in [1.54, 1.807) is 18.2 Å². The molecular weight excluding hydrogens is 230 g/mol. The largest absolute Gasteiger partial charge is 0.269 e. The highest BCUT2D eigenvalue weighted by atomic mass is 35.5. The Bertz CT molecular complexity index is 528. The zero-order valence-electron chi connectivity index (χ0n) is 8.00. The number of aromatic nitrogens is 2. The van der Waals surface area contributed by atoms with Gasteiger partial charge in [-0.3, -0.25) is 10.1 Å². The van der Waals surface area contributed by atoms with Crippen LogP contribution in [0.15, 0.2) is 36.5 Å². The van der Waals surface area contributed by atoms with Crippen LogP contribution in [0.4, 0.5) is 5.69 Å². The number of hydrogen-bond donors (Lipinski definition) is 0. The van der Waals surface area contributed by atoms with Gasteiger partial charge >= 0.3 is 0 Å². The van der Waals surface area contributed by atoms with Crippen LogP contribution in [0.3, 0.4) is 0 Å². The van der Waals surface area contributed by atoms with E-state index >= 15 is 0 Å². The first-order valence-electron chi connectivity index (χ1n) is 4.40. The number of benzene rings is 1. The average Bonchev–Trinajstić information content (AvgIpc) is 2.29. The summed E-state index contributed by atoms with van der Waals surface area (Å²) in [5.41, 5.74) is 1.44. The van der Waals surface area contributed by atoms with Crippen molar-refractivity contribution in [3.8, 4) is 11.3 Å². The molecule has 1 aromatic heterocycles. The minimum atomic E-state index is -0.448. The summed E-state index contributed by atoms with van der Waals surface area (Å²) in [5.74, 6) is 0. The number of nitro groups is 1. The third-order valence-electron chi connectivity index (χ3n) is 2.00. The lowest BCUT2D eigenvalue weighted by Crippen LogP contribution is -1.89. The molecule has 0 N–H and O–H groups in total. The second-order valence-corrected chi connectivity index (χ2v) is 3.35. The van der Waals surface area contributed by atoms with Crippen molar-refractivity contribution in [2.75, 3.05) is 0 Å². The number of hydrogen-bond acceptors (Lipinski definition) is 4. The monoisotopic (exact) mass is 235 g/mol. The molecule has 16 heavy (non-hydrogen) atoms. The maximum Gasteiger partial charge on any atom is 0.269 e. The lowest BCUT2D eigenvalue weighted by atomic mass is 10.1. The number of non-ortho nitro benzene ring substituents is 1.